The lowest BCUT2D eigenvalue weighted by Crippen LogP contribution is -2.29. The number of ketones is 1. The lowest BCUT2D eigenvalue weighted by Gasteiger charge is -2.22. The minimum atomic E-state index is -1.27. The highest BCUT2D eigenvalue weighted by Gasteiger charge is 2.48. The number of nitrogens with zero attached hydrogens (tertiary/aromatic N) is 4. The fourth-order valence-corrected chi connectivity index (χ4v) is 6.84. The van der Waals surface area contributed by atoms with Crippen molar-refractivity contribution in [1.29, 1.82) is 0 Å². The normalized spacial score (nSPS) is 15.4. The number of carbonyl (C=O) groups is 3. The number of carboxylic acid groups (broad SMARTS) is 1. The molecule has 1 amide bonds. The first-order valence-electron chi connectivity index (χ1n) is 13.9. The molecule has 11 nitrogen and oxygen atoms in total. The number of Topliss-reactive ketones (excluding diaryl/α,β-unsaturated/α-hetero) is 1. The SMILES string of the molecule is CC(=O)O.Cc1ccc(C(O)=C2C(=O)C(=O)N(c3nnc(SCc4cccc5ccccc45)s3)C2c2cccc([N+](=O)[O-])c2)cc1F. The van der Waals surface area contributed by atoms with Gasteiger partial charge in [0.25, 0.3) is 17.4 Å². The molecule has 47 heavy (non-hydrogen) atoms. The first-order valence-corrected chi connectivity index (χ1v) is 15.7. The van der Waals surface area contributed by atoms with Crippen molar-refractivity contribution >= 4 is 68.1 Å². The van der Waals surface area contributed by atoms with E-state index in [1.807, 2.05) is 42.5 Å². The molecule has 0 aliphatic carbocycles. The van der Waals surface area contributed by atoms with Gasteiger partial charge in [-0.25, -0.2) is 4.39 Å². The molecule has 0 bridgehead atoms. The Balaban J connectivity index is 0.00000103. The number of carboxylic acids is 1. The highest BCUT2D eigenvalue weighted by molar-refractivity contribution is 8.00. The molecule has 1 unspecified atom stereocenters. The molecule has 2 heterocycles. The van der Waals surface area contributed by atoms with Gasteiger partial charge in [-0.3, -0.25) is 29.4 Å². The molecule has 1 aromatic heterocycles. The van der Waals surface area contributed by atoms with Gasteiger partial charge >= 0.3 is 5.91 Å². The summed E-state index contributed by atoms with van der Waals surface area (Å²) in [4.78, 5) is 47.9. The summed E-state index contributed by atoms with van der Waals surface area (Å²) in [6, 6.07) is 22.1. The fraction of sp³-hybridized carbons (Fsp3) is 0.121. The van der Waals surface area contributed by atoms with E-state index in [2.05, 4.69) is 10.2 Å². The predicted octanol–water partition coefficient (Wildman–Crippen LogP) is 7.06. The van der Waals surface area contributed by atoms with Gasteiger partial charge in [-0.05, 0) is 40.5 Å². The molecule has 1 aliphatic rings. The summed E-state index contributed by atoms with van der Waals surface area (Å²) in [6.07, 6.45) is 0. The molecule has 1 atom stereocenters. The average molecular weight is 673 g/mol. The van der Waals surface area contributed by atoms with Crippen molar-refractivity contribution in [3.05, 3.63) is 129 Å². The van der Waals surface area contributed by atoms with E-state index in [4.69, 9.17) is 9.90 Å². The van der Waals surface area contributed by atoms with Crippen LogP contribution in [0.4, 0.5) is 15.2 Å². The number of aliphatic hydroxyl groups is 1. The molecule has 0 saturated carbocycles. The second-order valence-electron chi connectivity index (χ2n) is 10.3. The lowest BCUT2D eigenvalue weighted by atomic mass is 9.95. The molecular formula is C33H25FN4O7S2. The van der Waals surface area contributed by atoms with E-state index in [9.17, 15) is 29.2 Å². The van der Waals surface area contributed by atoms with E-state index in [0.29, 0.717) is 15.7 Å². The van der Waals surface area contributed by atoms with Gasteiger partial charge in [0, 0.05) is 30.4 Å². The number of amides is 1. The molecule has 6 rings (SSSR count). The van der Waals surface area contributed by atoms with Crippen LogP contribution in [0.15, 0.2) is 94.8 Å². The molecule has 1 fully saturated rings. The van der Waals surface area contributed by atoms with Crippen LogP contribution in [0.1, 0.15) is 35.2 Å². The number of thioether (sulfide) groups is 1. The lowest BCUT2D eigenvalue weighted by molar-refractivity contribution is -0.384. The van der Waals surface area contributed by atoms with Crippen LogP contribution in [-0.2, 0) is 20.1 Å². The molecule has 5 aromatic rings. The van der Waals surface area contributed by atoms with Crippen molar-refractivity contribution in [2.24, 2.45) is 0 Å². The van der Waals surface area contributed by atoms with E-state index >= 15 is 0 Å². The molecule has 4 aromatic carbocycles. The van der Waals surface area contributed by atoms with E-state index in [1.165, 1.54) is 48.2 Å². The number of anilines is 1. The topological polar surface area (TPSA) is 164 Å². The number of benzene rings is 4. The Bertz CT molecular complexity index is 2070. The second kappa shape index (κ2) is 13.9. The highest BCUT2D eigenvalue weighted by Crippen LogP contribution is 2.44. The van der Waals surface area contributed by atoms with Crippen LogP contribution in [0, 0.1) is 22.9 Å². The summed E-state index contributed by atoms with van der Waals surface area (Å²) >= 11 is 2.49. The van der Waals surface area contributed by atoms with E-state index < -0.39 is 40.2 Å². The third kappa shape index (κ3) is 7.03. The van der Waals surface area contributed by atoms with Crippen LogP contribution in [0.5, 0.6) is 0 Å². The van der Waals surface area contributed by atoms with Gasteiger partial charge < -0.3 is 10.2 Å². The van der Waals surface area contributed by atoms with Crippen LogP contribution in [0.2, 0.25) is 0 Å². The first-order chi connectivity index (χ1) is 22.5. The van der Waals surface area contributed by atoms with Crippen molar-refractivity contribution in [2.45, 2.75) is 30.0 Å². The molecule has 0 spiro atoms. The van der Waals surface area contributed by atoms with Gasteiger partial charge in [-0.1, -0.05) is 89.8 Å². The van der Waals surface area contributed by atoms with Gasteiger partial charge in [0.15, 0.2) is 4.34 Å². The molecule has 1 saturated heterocycles. The quantitative estimate of drug-likeness (QED) is 0.0348. The van der Waals surface area contributed by atoms with Crippen LogP contribution >= 0.6 is 23.1 Å². The Morgan fingerprint density at radius 2 is 1.72 bits per heavy atom. The number of aryl methyl sites for hydroxylation is 1. The zero-order chi connectivity index (χ0) is 33.8. The van der Waals surface area contributed by atoms with E-state index in [0.717, 1.165) is 45.6 Å². The minimum Gasteiger partial charge on any atom is -0.507 e. The number of hydrogen-bond donors (Lipinski definition) is 2. The standard InChI is InChI=1S/C31H21FN4O5S2.C2H4O2/c1-17-12-13-20(15-24(17)32)27(37)25-26(19-8-5-10-22(14-19)36(40)41)35(29(39)28(25)38)30-33-34-31(43-30)42-16-21-9-4-7-18-6-2-3-11-23(18)21;1-2(3)4/h2-15,26,37H,16H2,1H3;1H3,(H,3,4). The number of aliphatic hydroxyl groups excluding tert-OH is 1. The van der Waals surface area contributed by atoms with Crippen LogP contribution in [0.3, 0.4) is 0 Å². The summed E-state index contributed by atoms with van der Waals surface area (Å²) in [5.74, 6) is -3.50. The van der Waals surface area contributed by atoms with Crippen molar-refractivity contribution in [3.8, 4) is 0 Å². The molecule has 14 heteroatoms. The third-order valence-electron chi connectivity index (χ3n) is 7.12. The smallest absolute Gasteiger partial charge is 0.301 e. The van der Waals surface area contributed by atoms with E-state index in [1.54, 1.807) is 6.92 Å². The van der Waals surface area contributed by atoms with Crippen LogP contribution in [0.25, 0.3) is 16.5 Å². The largest absolute Gasteiger partial charge is 0.507 e. The summed E-state index contributed by atoms with van der Waals surface area (Å²) < 4.78 is 14.9. The number of fused-ring (bicyclic) bond motifs is 1. The number of carbonyl (C=O) groups excluding carboxylic acids is 2. The number of aliphatic carboxylic acids is 1. The number of aromatic nitrogens is 2. The monoisotopic (exact) mass is 672 g/mol. The summed E-state index contributed by atoms with van der Waals surface area (Å²) in [5.41, 5.74) is 0.988. The van der Waals surface area contributed by atoms with Crippen molar-refractivity contribution in [2.75, 3.05) is 4.90 Å². The molecule has 238 valence electrons. The van der Waals surface area contributed by atoms with Crippen molar-refractivity contribution in [3.63, 3.8) is 0 Å². The third-order valence-corrected chi connectivity index (χ3v) is 9.22. The summed E-state index contributed by atoms with van der Waals surface area (Å²) in [6.45, 7) is 2.63. The first kappa shape index (κ1) is 32.9. The molecule has 2 N–H and O–H groups in total. The van der Waals surface area contributed by atoms with Gasteiger partial charge in [0.2, 0.25) is 5.13 Å². The number of nitro benzene ring substituents is 1. The number of halogens is 1. The maximum atomic E-state index is 14.4. The highest BCUT2D eigenvalue weighted by atomic mass is 32.2. The minimum absolute atomic E-state index is 0.0138. The van der Waals surface area contributed by atoms with Gasteiger partial charge in [-0.15, -0.1) is 10.2 Å². The number of rotatable bonds is 7. The summed E-state index contributed by atoms with van der Waals surface area (Å²) in [7, 11) is 0. The molecule has 0 radical (unpaired) electrons. The zero-order valence-corrected chi connectivity index (χ0v) is 26.4. The van der Waals surface area contributed by atoms with Crippen LogP contribution < -0.4 is 4.90 Å². The van der Waals surface area contributed by atoms with Crippen molar-refractivity contribution in [1.82, 2.24) is 10.2 Å². The van der Waals surface area contributed by atoms with Crippen molar-refractivity contribution < 1.29 is 33.9 Å². The Morgan fingerprint density at radius 3 is 2.45 bits per heavy atom. The van der Waals surface area contributed by atoms with Crippen LogP contribution in [-0.4, -0.2) is 43.0 Å². The Morgan fingerprint density at radius 1 is 1.02 bits per heavy atom. The number of hydrogen-bond acceptors (Lipinski definition) is 10. The zero-order valence-electron chi connectivity index (χ0n) is 24.8. The Kier molecular flexibility index (Phi) is 9.72. The van der Waals surface area contributed by atoms with Gasteiger partial charge in [0.1, 0.15) is 11.6 Å². The van der Waals surface area contributed by atoms with Gasteiger partial charge in [0.05, 0.1) is 16.5 Å². The van der Waals surface area contributed by atoms with E-state index in [-0.39, 0.29) is 27.5 Å². The fourth-order valence-electron chi connectivity index (χ4n) is 4.97. The molecular weight excluding hydrogens is 648 g/mol. The van der Waals surface area contributed by atoms with Gasteiger partial charge in [-0.2, -0.15) is 0 Å². The average Bonchev–Trinajstić information content (AvgIpc) is 3.62. The number of nitro groups is 1. The Labute approximate surface area is 275 Å². The number of non-ortho nitro benzene ring substituents is 1. The summed E-state index contributed by atoms with van der Waals surface area (Å²) in [5, 5.41) is 40.9. The second-order valence-corrected chi connectivity index (χ2v) is 12.5. The maximum absolute atomic E-state index is 14.4. The molecule has 1 aliphatic heterocycles. The Hall–Kier alpha value is -5.47. The predicted molar refractivity (Wildman–Crippen MR) is 176 cm³/mol. The maximum Gasteiger partial charge on any atom is 0.301 e.